The van der Waals surface area contributed by atoms with Crippen LogP contribution in [0.4, 0.5) is 0 Å². The van der Waals surface area contributed by atoms with Crippen molar-refractivity contribution in [1.29, 1.82) is 0 Å². The number of halogens is 1. The van der Waals surface area contributed by atoms with E-state index in [1.54, 1.807) is 0 Å². The van der Waals surface area contributed by atoms with E-state index in [1.165, 1.54) is 7.11 Å². The monoisotopic (exact) mass is 245 g/mol. The van der Waals surface area contributed by atoms with Crippen LogP contribution in [0, 0.1) is 0 Å². The molecule has 0 heterocycles. The Morgan fingerprint density at radius 3 is 2.69 bits per heavy atom. The van der Waals surface area contributed by atoms with Crippen LogP contribution in [0.15, 0.2) is 24.3 Å². The maximum Gasteiger partial charge on any atom is 0.305 e. The molecule has 0 aliphatic rings. The molecule has 0 aromatic heterocycles. The van der Waals surface area contributed by atoms with E-state index in [4.69, 9.17) is 5.90 Å². The number of ether oxygens (including phenoxy) is 1. The Bertz CT molecular complexity index is 331. The summed E-state index contributed by atoms with van der Waals surface area (Å²) in [5, 5.41) is 0. The van der Waals surface area contributed by atoms with Crippen molar-refractivity contribution in [1.82, 2.24) is 0 Å². The molecular weight excluding hydrogens is 230 g/mol. The van der Waals surface area contributed by atoms with Gasteiger partial charge < -0.3 is 4.74 Å². The largest absolute Gasteiger partial charge is 0.469 e. The van der Waals surface area contributed by atoms with Crippen molar-refractivity contribution in [3.63, 3.8) is 0 Å². The number of aryl methyl sites for hydroxylation is 1. The van der Waals surface area contributed by atoms with Gasteiger partial charge in [-0.25, -0.2) is 5.90 Å². The minimum Gasteiger partial charge on any atom is -0.469 e. The van der Waals surface area contributed by atoms with E-state index in [-0.39, 0.29) is 18.4 Å². The Morgan fingerprint density at radius 2 is 2.06 bits per heavy atom. The molecule has 1 rings (SSSR count). The third-order valence-electron chi connectivity index (χ3n) is 2.09. The van der Waals surface area contributed by atoms with Crippen molar-refractivity contribution in [2.75, 3.05) is 7.11 Å². The third kappa shape index (κ3) is 5.11. The number of hydrogen-bond acceptors (Lipinski definition) is 4. The average Bonchev–Trinajstić information content (AvgIpc) is 2.27. The summed E-state index contributed by atoms with van der Waals surface area (Å²) in [5.41, 5.74) is 2.08. The second-order valence-corrected chi connectivity index (χ2v) is 3.21. The molecule has 0 unspecified atom stereocenters. The van der Waals surface area contributed by atoms with Crippen LogP contribution in [0.3, 0.4) is 0 Å². The molecule has 1 aromatic rings. The van der Waals surface area contributed by atoms with Crippen molar-refractivity contribution in [3.05, 3.63) is 35.4 Å². The summed E-state index contributed by atoms with van der Waals surface area (Å²) < 4.78 is 4.57. The maximum atomic E-state index is 10.9. The highest BCUT2D eigenvalue weighted by Gasteiger charge is 2.02. The maximum absolute atomic E-state index is 10.9. The van der Waals surface area contributed by atoms with Gasteiger partial charge in [-0.1, -0.05) is 24.3 Å². The minimum atomic E-state index is -0.199. The molecule has 0 radical (unpaired) electrons. The predicted molar refractivity (Wildman–Crippen MR) is 63.0 cm³/mol. The molecule has 0 atom stereocenters. The van der Waals surface area contributed by atoms with E-state index in [1.807, 2.05) is 24.3 Å². The zero-order chi connectivity index (χ0) is 11.1. The fraction of sp³-hybridized carbons (Fsp3) is 0.364. The number of benzene rings is 1. The number of esters is 1. The van der Waals surface area contributed by atoms with E-state index in [2.05, 4.69) is 9.57 Å². The summed E-state index contributed by atoms with van der Waals surface area (Å²) in [7, 11) is 1.39. The van der Waals surface area contributed by atoms with E-state index >= 15 is 0 Å². The molecule has 0 saturated heterocycles. The summed E-state index contributed by atoms with van der Waals surface area (Å²) in [4.78, 5) is 15.5. The third-order valence-corrected chi connectivity index (χ3v) is 2.09. The van der Waals surface area contributed by atoms with Crippen LogP contribution < -0.4 is 5.90 Å². The number of nitrogens with two attached hydrogens (primary N) is 1. The summed E-state index contributed by atoms with van der Waals surface area (Å²) in [6.45, 7) is 0.381. The van der Waals surface area contributed by atoms with Gasteiger partial charge in [0.15, 0.2) is 0 Å². The SMILES string of the molecule is COC(=O)CCc1cccc(CON)c1.Cl. The molecule has 90 valence electrons. The van der Waals surface area contributed by atoms with Crippen molar-refractivity contribution in [2.45, 2.75) is 19.4 Å². The fourth-order valence-electron chi connectivity index (χ4n) is 1.32. The summed E-state index contributed by atoms with van der Waals surface area (Å²) in [6, 6.07) is 7.77. The standard InChI is InChI=1S/C11H15NO3.ClH/c1-14-11(13)6-5-9-3-2-4-10(7-9)8-15-12;/h2-4,7H,5-6,8,12H2,1H3;1H. The second kappa shape index (κ2) is 8.10. The Hall–Kier alpha value is -1.10. The van der Waals surface area contributed by atoms with Gasteiger partial charge in [-0.3, -0.25) is 9.63 Å². The first-order valence-electron chi connectivity index (χ1n) is 4.72. The highest BCUT2D eigenvalue weighted by atomic mass is 35.5. The van der Waals surface area contributed by atoms with Crippen LogP contribution >= 0.6 is 12.4 Å². The molecule has 4 nitrogen and oxygen atoms in total. The van der Waals surface area contributed by atoms with Crippen molar-refractivity contribution in [3.8, 4) is 0 Å². The molecule has 0 amide bonds. The lowest BCUT2D eigenvalue weighted by atomic mass is 10.1. The zero-order valence-corrected chi connectivity index (χ0v) is 9.96. The van der Waals surface area contributed by atoms with Crippen LogP contribution in [0.25, 0.3) is 0 Å². The van der Waals surface area contributed by atoms with E-state index in [0.717, 1.165) is 11.1 Å². The number of carbonyl (C=O) groups excluding carboxylic acids is 1. The van der Waals surface area contributed by atoms with Gasteiger partial charge >= 0.3 is 5.97 Å². The summed E-state index contributed by atoms with van der Waals surface area (Å²) in [6.07, 6.45) is 1.06. The fourth-order valence-corrected chi connectivity index (χ4v) is 1.32. The average molecular weight is 246 g/mol. The first-order chi connectivity index (χ1) is 7.26. The topological polar surface area (TPSA) is 61.5 Å². The van der Waals surface area contributed by atoms with E-state index in [0.29, 0.717) is 19.4 Å². The smallest absolute Gasteiger partial charge is 0.305 e. The molecule has 0 aliphatic carbocycles. The Labute approximate surface area is 101 Å². The molecule has 16 heavy (non-hydrogen) atoms. The van der Waals surface area contributed by atoms with Gasteiger partial charge in [0.05, 0.1) is 13.7 Å². The highest BCUT2D eigenvalue weighted by Crippen LogP contribution is 2.08. The molecule has 2 N–H and O–H groups in total. The summed E-state index contributed by atoms with van der Waals surface area (Å²) >= 11 is 0. The Kier molecular flexibility index (Phi) is 7.54. The van der Waals surface area contributed by atoms with Crippen molar-refractivity contribution >= 4 is 18.4 Å². The van der Waals surface area contributed by atoms with E-state index in [9.17, 15) is 4.79 Å². The van der Waals surface area contributed by atoms with Gasteiger partial charge in [-0.2, -0.15) is 0 Å². The number of carbonyl (C=O) groups is 1. The van der Waals surface area contributed by atoms with Crippen LogP contribution in [-0.2, 0) is 27.4 Å². The molecular formula is C11H16ClNO3. The summed E-state index contributed by atoms with van der Waals surface area (Å²) in [5.74, 6) is 4.78. The first-order valence-corrected chi connectivity index (χ1v) is 4.72. The van der Waals surface area contributed by atoms with Crippen molar-refractivity contribution < 1.29 is 14.4 Å². The molecule has 0 saturated carbocycles. The normalized spacial score (nSPS) is 9.38. The second-order valence-electron chi connectivity index (χ2n) is 3.21. The van der Waals surface area contributed by atoms with E-state index < -0.39 is 0 Å². The van der Waals surface area contributed by atoms with Gasteiger partial charge in [0.2, 0.25) is 0 Å². The molecule has 5 heteroatoms. The molecule has 0 bridgehead atoms. The van der Waals surface area contributed by atoms with Gasteiger partial charge in [-0.05, 0) is 17.5 Å². The number of hydrogen-bond donors (Lipinski definition) is 1. The lowest BCUT2D eigenvalue weighted by Crippen LogP contribution is -2.03. The van der Waals surface area contributed by atoms with Crippen LogP contribution in [0.2, 0.25) is 0 Å². The lowest BCUT2D eigenvalue weighted by Gasteiger charge is -2.03. The minimum absolute atomic E-state index is 0. The number of rotatable bonds is 5. The van der Waals surface area contributed by atoms with Gasteiger partial charge in [0, 0.05) is 6.42 Å². The van der Waals surface area contributed by atoms with Crippen LogP contribution in [0.1, 0.15) is 17.5 Å². The molecule has 1 aromatic carbocycles. The molecule has 0 spiro atoms. The number of methoxy groups -OCH3 is 1. The lowest BCUT2D eigenvalue weighted by molar-refractivity contribution is -0.140. The quantitative estimate of drug-likeness (QED) is 0.632. The van der Waals surface area contributed by atoms with Crippen LogP contribution in [-0.4, -0.2) is 13.1 Å². The van der Waals surface area contributed by atoms with Gasteiger partial charge in [0.1, 0.15) is 0 Å². The van der Waals surface area contributed by atoms with Crippen molar-refractivity contribution in [2.24, 2.45) is 5.90 Å². The molecule has 0 aliphatic heterocycles. The highest BCUT2D eigenvalue weighted by molar-refractivity contribution is 5.85. The van der Waals surface area contributed by atoms with Gasteiger partial charge in [0.25, 0.3) is 0 Å². The first kappa shape index (κ1) is 14.9. The van der Waals surface area contributed by atoms with Gasteiger partial charge in [-0.15, -0.1) is 12.4 Å². The molecule has 0 fully saturated rings. The Balaban J connectivity index is 0.00000225. The predicted octanol–water partition coefficient (Wildman–Crippen LogP) is 1.60. The zero-order valence-electron chi connectivity index (χ0n) is 9.14. The van der Waals surface area contributed by atoms with Crippen LogP contribution in [0.5, 0.6) is 0 Å². The Morgan fingerprint density at radius 1 is 1.38 bits per heavy atom.